The molecule has 1 heterocycles. The van der Waals surface area contributed by atoms with E-state index in [1.54, 1.807) is 0 Å². The van der Waals surface area contributed by atoms with Gasteiger partial charge in [-0.1, -0.05) is 13.8 Å². The Hall–Kier alpha value is -0.545. The zero-order chi connectivity index (χ0) is 14.6. The molecule has 19 heavy (non-hydrogen) atoms. The molecule has 0 unspecified atom stereocenters. The zero-order valence-electron chi connectivity index (χ0n) is 13.1. The predicted molar refractivity (Wildman–Crippen MR) is 73.7 cm³/mol. The van der Waals surface area contributed by atoms with Crippen LogP contribution in [-0.2, 0) is 18.8 Å². The van der Waals surface area contributed by atoms with Crippen molar-refractivity contribution in [2.24, 2.45) is 11.3 Å². The van der Waals surface area contributed by atoms with Gasteiger partial charge in [0.05, 0.1) is 23.7 Å². The van der Waals surface area contributed by atoms with Crippen LogP contribution < -0.4 is 0 Å². The Balaban J connectivity index is 2.11. The lowest BCUT2D eigenvalue weighted by Gasteiger charge is -2.32. The predicted octanol–water partition coefficient (Wildman–Crippen LogP) is 2.67. The maximum Gasteiger partial charge on any atom is 0.462 e. The van der Waals surface area contributed by atoms with Gasteiger partial charge in [0.1, 0.15) is 0 Å². The lowest BCUT2D eigenvalue weighted by atomic mass is 9.77. The van der Waals surface area contributed by atoms with Gasteiger partial charge in [-0.15, -0.1) is 0 Å². The molecule has 2 aliphatic rings. The van der Waals surface area contributed by atoms with E-state index in [4.69, 9.17) is 14.0 Å². The van der Waals surface area contributed by atoms with E-state index in [0.29, 0.717) is 6.61 Å². The van der Waals surface area contributed by atoms with Crippen LogP contribution in [-0.4, -0.2) is 30.9 Å². The van der Waals surface area contributed by atoms with Crippen molar-refractivity contribution in [3.05, 3.63) is 0 Å². The Morgan fingerprint density at radius 2 is 1.58 bits per heavy atom. The van der Waals surface area contributed by atoms with E-state index in [0.717, 1.165) is 0 Å². The highest BCUT2D eigenvalue weighted by Gasteiger charge is 2.72. The van der Waals surface area contributed by atoms with E-state index in [9.17, 15) is 4.79 Å². The number of rotatable bonds is 3. The van der Waals surface area contributed by atoms with Gasteiger partial charge in [0.2, 0.25) is 0 Å². The minimum atomic E-state index is -0.352. The SMILES string of the molecule is CCOC(=O)[C@@H]1[C@@H](B2OC(C)(C)C(C)(C)O2)C1(C)C. The third kappa shape index (κ3) is 2.21. The van der Waals surface area contributed by atoms with Gasteiger partial charge in [0, 0.05) is 5.82 Å². The van der Waals surface area contributed by atoms with Crippen molar-refractivity contribution in [2.75, 3.05) is 6.61 Å². The number of carbonyl (C=O) groups excluding carboxylic acids is 1. The summed E-state index contributed by atoms with van der Waals surface area (Å²) in [6.45, 7) is 14.5. The second-order valence-corrected chi connectivity index (χ2v) is 7.20. The first-order valence-corrected chi connectivity index (χ1v) is 7.07. The molecule has 0 radical (unpaired) electrons. The van der Waals surface area contributed by atoms with Gasteiger partial charge in [-0.2, -0.15) is 0 Å². The molecule has 0 bridgehead atoms. The zero-order valence-corrected chi connectivity index (χ0v) is 13.1. The molecule has 108 valence electrons. The van der Waals surface area contributed by atoms with E-state index in [-0.39, 0.29) is 41.4 Å². The van der Waals surface area contributed by atoms with Crippen LogP contribution in [0.25, 0.3) is 0 Å². The van der Waals surface area contributed by atoms with Crippen molar-refractivity contribution < 1.29 is 18.8 Å². The highest BCUT2D eigenvalue weighted by atomic mass is 16.7. The maximum atomic E-state index is 12.0. The fraction of sp³-hybridized carbons (Fsp3) is 0.929. The third-order valence-corrected chi connectivity index (χ3v) is 5.02. The number of carbonyl (C=O) groups is 1. The molecule has 0 amide bonds. The van der Waals surface area contributed by atoms with E-state index >= 15 is 0 Å². The molecule has 0 aromatic rings. The van der Waals surface area contributed by atoms with Crippen LogP contribution in [0.5, 0.6) is 0 Å². The highest BCUT2D eigenvalue weighted by molar-refractivity contribution is 6.50. The van der Waals surface area contributed by atoms with Crippen LogP contribution in [0.3, 0.4) is 0 Å². The first kappa shape index (κ1) is 14.9. The van der Waals surface area contributed by atoms with Crippen LogP contribution >= 0.6 is 0 Å². The van der Waals surface area contributed by atoms with Crippen LogP contribution in [0.15, 0.2) is 0 Å². The van der Waals surface area contributed by atoms with Crippen molar-refractivity contribution in [3.63, 3.8) is 0 Å². The molecular weight excluding hydrogens is 243 g/mol. The molecule has 1 saturated heterocycles. The molecular formula is C14H25BO4. The van der Waals surface area contributed by atoms with Gasteiger partial charge < -0.3 is 14.0 Å². The monoisotopic (exact) mass is 268 g/mol. The molecule has 1 aliphatic carbocycles. The number of hydrogen-bond acceptors (Lipinski definition) is 4. The maximum absolute atomic E-state index is 12.0. The van der Waals surface area contributed by atoms with Crippen LogP contribution in [0.2, 0.25) is 5.82 Å². The van der Waals surface area contributed by atoms with Gasteiger partial charge in [-0.05, 0) is 40.0 Å². The molecule has 1 saturated carbocycles. The Morgan fingerprint density at radius 3 is 2.00 bits per heavy atom. The quantitative estimate of drug-likeness (QED) is 0.583. The second kappa shape index (κ2) is 4.22. The minimum Gasteiger partial charge on any atom is -0.466 e. The van der Waals surface area contributed by atoms with Crippen molar-refractivity contribution in [2.45, 2.75) is 65.5 Å². The van der Waals surface area contributed by atoms with Crippen LogP contribution in [0, 0.1) is 11.3 Å². The smallest absolute Gasteiger partial charge is 0.462 e. The lowest BCUT2D eigenvalue weighted by molar-refractivity contribution is -0.145. The molecule has 2 atom stereocenters. The molecule has 0 N–H and O–H groups in total. The summed E-state index contributed by atoms with van der Waals surface area (Å²) < 4.78 is 17.2. The summed E-state index contributed by atoms with van der Waals surface area (Å²) in [5.74, 6) is -0.179. The third-order valence-electron chi connectivity index (χ3n) is 5.02. The van der Waals surface area contributed by atoms with Gasteiger partial charge in [0.15, 0.2) is 0 Å². The lowest BCUT2D eigenvalue weighted by Crippen LogP contribution is -2.41. The number of esters is 1. The van der Waals surface area contributed by atoms with Gasteiger partial charge in [0.25, 0.3) is 0 Å². The van der Waals surface area contributed by atoms with Crippen molar-refractivity contribution in [1.29, 1.82) is 0 Å². The summed E-state index contributed by atoms with van der Waals surface area (Å²) >= 11 is 0. The van der Waals surface area contributed by atoms with E-state index in [2.05, 4.69) is 13.8 Å². The average Bonchev–Trinajstić information content (AvgIpc) is 2.71. The number of hydrogen-bond donors (Lipinski definition) is 0. The standard InChI is InChI=1S/C14H25BO4/c1-8-17-11(16)9-10(12(9,2)3)15-18-13(4,5)14(6,7)19-15/h9-10H,8H2,1-7H3/t9-,10+/m0/s1. The Kier molecular flexibility index (Phi) is 3.30. The normalized spacial score (nSPS) is 34.2. The Labute approximate surface area is 116 Å². The summed E-state index contributed by atoms with van der Waals surface area (Å²) in [7, 11) is -0.325. The molecule has 0 spiro atoms. The van der Waals surface area contributed by atoms with E-state index in [1.807, 2.05) is 34.6 Å². The van der Waals surface area contributed by atoms with E-state index in [1.165, 1.54) is 0 Å². The summed E-state index contributed by atoms with van der Waals surface area (Å²) in [6, 6.07) is 0. The summed E-state index contributed by atoms with van der Waals surface area (Å²) in [4.78, 5) is 12.0. The van der Waals surface area contributed by atoms with Gasteiger partial charge in [-0.3, -0.25) is 4.79 Å². The summed E-state index contributed by atoms with van der Waals surface area (Å²) in [5.41, 5.74) is -0.821. The van der Waals surface area contributed by atoms with E-state index < -0.39 is 0 Å². The van der Waals surface area contributed by atoms with Crippen molar-refractivity contribution in [3.8, 4) is 0 Å². The van der Waals surface area contributed by atoms with Crippen molar-refractivity contribution in [1.82, 2.24) is 0 Å². The van der Waals surface area contributed by atoms with Crippen LogP contribution in [0.4, 0.5) is 0 Å². The molecule has 1 aliphatic heterocycles. The summed E-state index contributed by atoms with van der Waals surface area (Å²) in [6.07, 6.45) is 0. The molecule has 4 nitrogen and oxygen atoms in total. The largest absolute Gasteiger partial charge is 0.466 e. The Bertz CT molecular complexity index is 373. The molecule has 2 rings (SSSR count). The minimum absolute atomic E-state index is 0.0765. The fourth-order valence-corrected chi connectivity index (χ4v) is 2.90. The Morgan fingerprint density at radius 1 is 1.11 bits per heavy atom. The first-order chi connectivity index (χ1) is 8.54. The molecule has 0 aromatic heterocycles. The second-order valence-electron chi connectivity index (χ2n) is 7.20. The van der Waals surface area contributed by atoms with Crippen molar-refractivity contribution >= 4 is 13.1 Å². The average molecular weight is 268 g/mol. The van der Waals surface area contributed by atoms with Gasteiger partial charge in [-0.25, -0.2) is 0 Å². The first-order valence-electron chi connectivity index (χ1n) is 7.07. The topological polar surface area (TPSA) is 44.8 Å². The van der Waals surface area contributed by atoms with Gasteiger partial charge >= 0.3 is 13.1 Å². The highest BCUT2D eigenvalue weighted by Crippen LogP contribution is 2.67. The van der Waals surface area contributed by atoms with Crippen LogP contribution in [0.1, 0.15) is 48.5 Å². The summed E-state index contributed by atoms with van der Waals surface area (Å²) in [5, 5.41) is 0. The fourth-order valence-electron chi connectivity index (χ4n) is 2.90. The molecule has 0 aromatic carbocycles. The number of ether oxygens (including phenoxy) is 1. The molecule has 2 fully saturated rings. The molecule has 5 heteroatoms.